The lowest BCUT2D eigenvalue weighted by atomic mass is 10.2. The van der Waals surface area contributed by atoms with E-state index in [-0.39, 0.29) is 11.7 Å². The van der Waals surface area contributed by atoms with Crippen molar-refractivity contribution in [2.24, 2.45) is 5.73 Å². The van der Waals surface area contributed by atoms with Gasteiger partial charge in [0.25, 0.3) is 5.91 Å². The number of phenols is 1. The van der Waals surface area contributed by atoms with Crippen molar-refractivity contribution < 1.29 is 14.3 Å². The van der Waals surface area contributed by atoms with Crippen molar-refractivity contribution in [3.05, 3.63) is 53.5 Å². The van der Waals surface area contributed by atoms with E-state index >= 15 is 0 Å². The number of carbonyl (C=O) groups excluding carboxylic acids is 1. The molecular formula is C17H21N3O3. The maximum Gasteiger partial charge on any atom is 0.257 e. The number of rotatable bonds is 4. The van der Waals surface area contributed by atoms with E-state index in [4.69, 9.17) is 10.2 Å². The van der Waals surface area contributed by atoms with Crippen LogP contribution in [0.1, 0.15) is 21.7 Å². The summed E-state index contributed by atoms with van der Waals surface area (Å²) in [5, 5.41) is 9.52. The number of nitrogens with zero attached hydrogens (tertiary/aromatic N) is 2. The van der Waals surface area contributed by atoms with E-state index < -0.39 is 0 Å². The molecule has 3 rings (SSSR count). The van der Waals surface area contributed by atoms with Crippen LogP contribution >= 0.6 is 0 Å². The Labute approximate surface area is 135 Å². The fraction of sp³-hybridized carbons (Fsp3) is 0.353. The van der Waals surface area contributed by atoms with E-state index in [0.29, 0.717) is 31.0 Å². The maximum absolute atomic E-state index is 12.4. The van der Waals surface area contributed by atoms with Gasteiger partial charge >= 0.3 is 0 Å². The number of hydrogen-bond donors (Lipinski definition) is 2. The minimum absolute atomic E-state index is 0.00884. The molecule has 0 unspecified atom stereocenters. The Morgan fingerprint density at radius 1 is 1.22 bits per heavy atom. The standard InChI is InChI=1S/C17H21N3O3/c18-10-16-9-14(12-23-16)17(22)20-6-4-19(5-7-20)11-13-2-1-3-15(21)8-13/h1-3,8-9,12,21H,4-7,10-11,18H2. The summed E-state index contributed by atoms with van der Waals surface area (Å²) in [4.78, 5) is 16.5. The van der Waals surface area contributed by atoms with Crippen LogP contribution in [0.15, 0.2) is 41.0 Å². The summed E-state index contributed by atoms with van der Waals surface area (Å²) in [6.45, 7) is 4.05. The SMILES string of the molecule is NCc1cc(C(=O)N2CCN(Cc3cccc(O)c3)CC2)co1. The van der Waals surface area contributed by atoms with Gasteiger partial charge in [0, 0.05) is 32.7 Å². The Morgan fingerprint density at radius 2 is 2.00 bits per heavy atom. The van der Waals surface area contributed by atoms with Gasteiger partial charge in [0.2, 0.25) is 0 Å². The van der Waals surface area contributed by atoms with Crippen LogP contribution < -0.4 is 5.73 Å². The average Bonchev–Trinajstić information content (AvgIpc) is 3.04. The summed E-state index contributed by atoms with van der Waals surface area (Å²) in [6, 6.07) is 8.99. The van der Waals surface area contributed by atoms with Crippen LogP contribution in [0.3, 0.4) is 0 Å². The number of nitrogens with two attached hydrogens (primary N) is 1. The number of aromatic hydroxyl groups is 1. The Morgan fingerprint density at radius 3 is 2.65 bits per heavy atom. The fourth-order valence-corrected chi connectivity index (χ4v) is 2.80. The first-order chi connectivity index (χ1) is 11.2. The zero-order valence-electron chi connectivity index (χ0n) is 12.9. The van der Waals surface area contributed by atoms with Gasteiger partial charge in [0.05, 0.1) is 12.1 Å². The first-order valence-corrected chi connectivity index (χ1v) is 7.73. The molecule has 0 aliphatic carbocycles. The van der Waals surface area contributed by atoms with Gasteiger partial charge in [-0.1, -0.05) is 12.1 Å². The summed E-state index contributed by atoms with van der Waals surface area (Å²) in [7, 11) is 0. The van der Waals surface area contributed by atoms with Crippen LogP contribution in [0.4, 0.5) is 0 Å². The first kappa shape index (κ1) is 15.6. The van der Waals surface area contributed by atoms with Gasteiger partial charge in [0.1, 0.15) is 17.8 Å². The molecular weight excluding hydrogens is 294 g/mol. The lowest BCUT2D eigenvalue weighted by Gasteiger charge is -2.34. The van der Waals surface area contributed by atoms with Crippen molar-refractivity contribution in [3.8, 4) is 5.75 Å². The lowest BCUT2D eigenvalue weighted by molar-refractivity contribution is 0.0628. The molecule has 1 amide bonds. The molecule has 0 spiro atoms. The molecule has 0 bridgehead atoms. The number of phenolic OH excluding ortho intramolecular Hbond substituents is 1. The van der Waals surface area contributed by atoms with Crippen LogP contribution in [0, 0.1) is 0 Å². The van der Waals surface area contributed by atoms with E-state index in [1.54, 1.807) is 18.2 Å². The number of amides is 1. The summed E-state index contributed by atoms with van der Waals surface area (Å²) < 4.78 is 5.23. The second kappa shape index (κ2) is 6.85. The third-order valence-corrected chi connectivity index (χ3v) is 4.08. The Kier molecular flexibility index (Phi) is 4.64. The molecule has 0 radical (unpaired) electrons. The quantitative estimate of drug-likeness (QED) is 0.891. The molecule has 23 heavy (non-hydrogen) atoms. The van der Waals surface area contributed by atoms with Gasteiger partial charge in [-0.2, -0.15) is 0 Å². The van der Waals surface area contributed by atoms with Gasteiger partial charge < -0.3 is 20.2 Å². The van der Waals surface area contributed by atoms with Gasteiger partial charge in [-0.3, -0.25) is 9.69 Å². The smallest absolute Gasteiger partial charge is 0.257 e. The highest BCUT2D eigenvalue weighted by molar-refractivity contribution is 5.94. The number of hydrogen-bond acceptors (Lipinski definition) is 5. The van der Waals surface area contributed by atoms with E-state index in [1.165, 1.54) is 6.26 Å². The largest absolute Gasteiger partial charge is 0.508 e. The molecule has 2 heterocycles. The zero-order chi connectivity index (χ0) is 16.2. The molecule has 3 N–H and O–H groups in total. The monoisotopic (exact) mass is 315 g/mol. The molecule has 1 aliphatic rings. The minimum Gasteiger partial charge on any atom is -0.508 e. The molecule has 2 aromatic rings. The van der Waals surface area contributed by atoms with Crippen LogP contribution in [0.2, 0.25) is 0 Å². The van der Waals surface area contributed by atoms with Crippen LogP contribution in [0.5, 0.6) is 5.75 Å². The van der Waals surface area contributed by atoms with E-state index in [2.05, 4.69) is 4.90 Å². The van der Waals surface area contributed by atoms with Crippen molar-refractivity contribution in [1.82, 2.24) is 9.80 Å². The van der Waals surface area contributed by atoms with Crippen molar-refractivity contribution >= 4 is 5.91 Å². The van der Waals surface area contributed by atoms with Crippen LogP contribution in [0.25, 0.3) is 0 Å². The van der Waals surface area contributed by atoms with E-state index in [0.717, 1.165) is 25.2 Å². The normalized spacial score (nSPS) is 15.8. The van der Waals surface area contributed by atoms with Crippen LogP contribution in [-0.2, 0) is 13.1 Å². The summed E-state index contributed by atoms with van der Waals surface area (Å²) in [5.74, 6) is 0.897. The van der Waals surface area contributed by atoms with Gasteiger partial charge in [-0.05, 0) is 23.8 Å². The van der Waals surface area contributed by atoms with Crippen molar-refractivity contribution in [2.45, 2.75) is 13.1 Å². The predicted molar refractivity (Wildman–Crippen MR) is 85.9 cm³/mol. The molecule has 1 aliphatic heterocycles. The van der Waals surface area contributed by atoms with E-state index in [9.17, 15) is 9.90 Å². The highest BCUT2D eigenvalue weighted by Crippen LogP contribution is 2.16. The molecule has 6 nitrogen and oxygen atoms in total. The Balaban J connectivity index is 1.54. The minimum atomic E-state index is -0.00884. The lowest BCUT2D eigenvalue weighted by Crippen LogP contribution is -2.48. The van der Waals surface area contributed by atoms with Crippen molar-refractivity contribution in [2.75, 3.05) is 26.2 Å². The van der Waals surface area contributed by atoms with Gasteiger partial charge in [-0.15, -0.1) is 0 Å². The van der Waals surface area contributed by atoms with Gasteiger partial charge in [0.15, 0.2) is 0 Å². The number of benzene rings is 1. The molecule has 1 saturated heterocycles. The second-order valence-electron chi connectivity index (χ2n) is 5.74. The Hall–Kier alpha value is -2.31. The highest BCUT2D eigenvalue weighted by atomic mass is 16.3. The number of furan rings is 1. The summed E-state index contributed by atoms with van der Waals surface area (Å²) >= 11 is 0. The highest BCUT2D eigenvalue weighted by Gasteiger charge is 2.23. The average molecular weight is 315 g/mol. The molecule has 6 heteroatoms. The zero-order valence-corrected chi connectivity index (χ0v) is 12.9. The molecule has 1 fully saturated rings. The molecule has 1 aromatic carbocycles. The molecule has 1 aromatic heterocycles. The second-order valence-corrected chi connectivity index (χ2v) is 5.74. The van der Waals surface area contributed by atoms with Gasteiger partial charge in [-0.25, -0.2) is 0 Å². The predicted octanol–water partition coefficient (Wildman–Crippen LogP) is 1.40. The maximum atomic E-state index is 12.4. The first-order valence-electron chi connectivity index (χ1n) is 7.73. The van der Waals surface area contributed by atoms with Crippen LogP contribution in [-0.4, -0.2) is 47.0 Å². The Bertz CT molecular complexity index is 675. The fourth-order valence-electron chi connectivity index (χ4n) is 2.80. The third-order valence-electron chi connectivity index (χ3n) is 4.08. The number of piperazine rings is 1. The van der Waals surface area contributed by atoms with Crippen molar-refractivity contribution in [1.29, 1.82) is 0 Å². The van der Waals surface area contributed by atoms with E-state index in [1.807, 2.05) is 17.0 Å². The molecule has 0 atom stereocenters. The summed E-state index contributed by atoms with van der Waals surface area (Å²) in [6.07, 6.45) is 1.48. The van der Waals surface area contributed by atoms with Crippen molar-refractivity contribution in [3.63, 3.8) is 0 Å². The summed E-state index contributed by atoms with van der Waals surface area (Å²) in [5.41, 5.74) is 7.14. The topological polar surface area (TPSA) is 82.9 Å². The molecule has 122 valence electrons. The number of carbonyl (C=O) groups is 1. The molecule has 0 saturated carbocycles. The third kappa shape index (κ3) is 3.72.